The predicted octanol–water partition coefficient (Wildman–Crippen LogP) is 2.57. The van der Waals surface area contributed by atoms with Gasteiger partial charge in [0.05, 0.1) is 17.9 Å². The predicted molar refractivity (Wildman–Crippen MR) is 72.1 cm³/mol. The van der Waals surface area contributed by atoms with Crippen LogP contribution in [-0.2, 0) is 22.2 Å². The minimum absolute atomic E-state index is 0.118. The number of carboxylic acids is 1. The minimum Gasteiger partial charge on any atom is -0.481 e. The lowest BCUT2D eigenvalue weighted by Gasteiger charge is -2.30. The Bertz CT molecular complexity index is 571. The fourth-order valence-electron chi connectivity index (χ4n) is 2.55. The first-order chi connectivity index (χ1) is 10.3. The number of halogens is 3. The largest absolute Gasteiger partial charge is 0.481 e. The van der Waals surface area contributed by atoms with Crippen LogP contribution in [0.15, 0.2) is 24.3 Å². The lowest BCUT2D eigenvalue weighted by Crippen LogP contribution is -2.43. The van der Waals surface area contributed by atoms with Crippen molar-refractivity contribution in [2.75, 3.05) is 13.1 Å². The van der Waals surface area contributed by atoms with Crippen molar-refractivity contribution in [1.82, 2.24) is 4.90 Å². The molecule has 22 heavy (non-hydrogen) atoms. The Morgan fingerprint density at radius 3 is 2.68 bits per heavy atom. The molecule has 1 fully saturated rings. The highest BCUT2D eigenvalue weighted by atomic mass is 19.4. The number of piperidine rings is 1. The average molecular weight is 315 g/mol. The first kappa shape index (κ1) is 16.3. The van der Waals surface area contributed by atoms with Crippen molar-refractivity contribution in [2.45, 2.75) is 25.4 Å². The molecule has 0 aliphatic carbocycles. The standard InChI is InChI=1S/C15H16F3NO3/c16-15(17,18)12-5-1-3-10(7-12)8-13(20)19-6-2-4-11(9-19)14(21)22/h1,3,5,7,11H,2,4,6,8-9H2,(H,21,22). The van der Waals surface area contributed by atoms with Crippen molar-refractivity contribution in [3.8, 4) is 0 Å². The molecule has 1 heterocycles. The van der Waals surface area contributed by atoms with Crippen LogP contribution in [0.3, 0.4) is 0 Å². The lowest BCUT2D eigenvalue weighted by molar-refractivity contribution is -0.145. The summed E-state index contributed by atoms with van der Waals surface area (Å²) in [5.74, 6) is -1.89. The highest BCUT2D eigenvalue weighted by molar-refractivity contribution is 5.80. The summed E-state index contributed by atoms with van der Waals surface area (Å²) in [7, 11) is 0. The molecule has 1 aromatic rings. The van der Waals surface area contributed by atoms with E-state index in [1.165, 1.54) is 17.0 Å². The molecule has 1 unspecified atom stereocenters. The molecule has 0 bridgehead atoms. The summed E-state index contributed by atoms with van der Waals surface area (Å²) in [6.07, 6.45) is -3.50. The van der Waals surface area contributed by atoms with E-state index < -0.39 is 23.6 Å². The van der Waals surface area contributed by atoms with Gasteiger partial charge in [-0.15, -0.1) is 0 Å². The zero-order chi connectivity index (χ0) is 16.3. The summed E-state index contributed by atoms with van der Waals surface area (Å²) in [4.78, 5) is 24.5. The number of benzene rings is 1. The van der Waals surface area contributed by atoms with Gasteiger partial charge in [0.2, 0.25) is 5.91 Å². The number of hydrogen-bond donors (Lipinski definition) is 1. The molecule has 0 aromatic heterocycles. The number of carbonyl (C=O) groups is 2. The monoisotopic (exact) mass is 315 g/mol. The lowest BCUT2D eigenvalue weighted by atomic mass is 9.97. The van der Waals surface area contributed by atoms with Gasteiger partial charge in [-0.25, -0.2) is 0 Å². The molecule has 1 aliphatic rings. The second kappa shape index (κ2) is 6.37. The van der Waals surface area contributed by atoms with E-state index in [1.807, 2.05) is 0 Å². The van der Waals surface area contributed by atoms with Gasteiger partial charge in [-0.1, -0.05) is 18.2 Å². The minimum atomic E-state index is -4.45. The molecule has 4 nitrogen and oxygen atoms in total. The summed E-state index contributed by atoms with van der Waals surface area (Å²) in [6.45, 7) is 0.564. The normalized spacial score (nSPS) is 19.0. The molecule has 0 spiro atoms. The first-order valence-corrected chi connectivity index (χ1v) is 6.94. The van der Waals surface area contributed by atoms with Crippen molar-refractivity contribution >= 4 is 11.9 Å². The fourth-order valence-corrected chi connectivity index (χ4v) is 2.55. The number of rotatable bonds is 3. The topological polar surface area (TPSA) is 57.6 Å². The Balaban J connectivity index is 2.04. The SMILES string of the molecule is O=C(O)C1CCCN(C(=O)Cc2cccc(C(F)(F)F)c2)C1. The number of nitrogens with zero attached hydrogens (tertiary/aromatic N) is 1. The summed E-state index contributed by atoms with van der Waals surface area (Å²) < 4.78 is 37.9. The highest BCUT2D eigenvalue weighted by Crippen LogP contribution is 2.29. The number of hydrogen-bond acceptors (Lipinski definition) is 2. The molecule has 1 aromatic carbocycles. The molecule has 0 radical (unpaired) electrons. The Hall–Kier alpha value is -2.05. The number of carboxylic acid groups (broad SMARTS) is 1. The quantitative estimate of drug-likeness (QED) is 0.932. The number of alkyl halides is 3. The second-order valence-corrected chi connectivity index (χ2v) is 5.39. The number of likely N-dealkylation sites (tertiary alicyclic amines) is 1. The first-order valence-electron chi connectivity index (χ1n) is 6.94. The van der Waals surface area contributed by atoms with Crippen molar-refractivity contribution < 1.29 is 27.9 Å². The summed E-state index contributed by atoms with van der Waals surface area (Å²) >= 11 is 0. The van der Waals surface area contributed by atoms with Crippen LogP contribution < -0.4 is 0 Å². The zero-order valence-electron chi connectivity index (χ0n) is 11.8. The van der Waals surface area contributed by atoms with E-state index in [9.17, 15) is 22.8 Å². The van der Waals surface area contributed by atoms with E-state index >= 15 is 0 Å². The van der Waals surface area contributed by atoms with Crippen molar-refractivity contribution in [1.29, 1.82) is 0 Å². The molecular weight excluding hydrogens is 299 g/mol. The Morgan fingerprint density at radius 1 is 1.32 bits per heavy atom. The maximum absolute atomic E-state index is 12.6. The third-order valence-corrected chi connectivity index (χ3v) is 3.73. The Morgan fingerprint density at radius 2 is 2.05 bits per heavy atom. The molecule has 1 saturated heterocycles. The van der Waals surface area contributed by atoms with Crippen LogP contribution in [0.4, 0.5) is 13.2 Å². The van der Waals surface area contributed by atoms with Crippen molar-refractivity contribution in [3.05, 3.63) is 35.4 Å². The molecule has 1 aliphatic heterocycles. The molecule has 2 rings (SSSR count). The molecular formula is C15H16F3NO3. The smallest absolute Gasteiger partial charge is 0.416 e. The molecule has 120 valence electrons. The van der Waals surface area contributed by atoms with Gasteiger partial charge in [0.1, 0.15) is 0 Å². The van der Waals surface area contributed by atoms with Gasteiger partial charge in [0.25, 0.3) is 0 Å². The van der Waals surface area contributed by atoms with E-state index in [2.05, 4.69) is 0 Å². The summed E-state index contributed by atoms with van der Waals surface area (Å²) in [6, 6.07) is 4.64. The van der Waals surface area contributed by atoms with E-state index in [-0.39, 0.29) is 24.4 Å². The van der Waals surface area contributed by atoms with Gasteiger partial charge in [-0.05, 0) is 24.5 Å². The van der Waals surface area contributed by atoms with Crippen LogP contribution in [-0.4, -0.2) is 35.0 Å². The number of amides is 1. The molecule has 1 atom stereocenters. The Kier molecular flexibility index (Phi) is 4.73. The van der Waals surface area contributed by atoms with E-state index in [1.54, 1.807) is 0 Å². The number of carbonyl (C=O) groups excluding carboxylic acids is 1. The third-order valence-electron chi connectivity index (χ3n) is 3.73. The van der Waals surface area contributed by atoms with Gasteiger partial charge in [0, 0.05) is 13.1 Å². The average Bonchev–Trinajstić information content (AvgIpc) is 2.46. The fraction of sp³-hybridized carbons (Fsp3) is 0.467. The second-order valence-electron chi connectivity index (χ2n) is 5.39. The van der Waals surface area contributed by atoms with Crippen LogP contribution in [0.5, 0.6) is 0 Å². The molecule has 0 saturated carbocycles. The molecule has 7 heteroatoms. The van der Waals surface area contributed by atoms with Gasteiger partial charge in [-0.3, -0.25) is 9.59 Å². The molecule has 1 amide bonds. The third kappa shape index (κ3) is 3.99. The van der Waals surface area contributed by atoms with Crippen molar-refractivity contribution in [3.63, 3.8) is 0 Å². The van der Waals surface area contributed by atoms with Crippen LogP contribution >= 0.6 is 0 Å². The summed E-state index contributed by atoms with van der Waals surface area (Å²) in [5.41, 5.74) is -0.517. The molecule has 1 N–H and O–H groups in total. The Labute approximate surface area is 125 Å². The van der Waals surface area contributed by atoms with Crippen LogP contribution in [0.25, 0.3) is 0 Å². The van der Waals surface area contributed by atoms with Crippen LogP contribution in [0.1, 0.15) is 24.0 Å². The van der Waals surface area contributed by atoms with Gasteiger partial charge >= 0.3 is 12.1 Å². The van der Waals surface area contributed by atoms with Crippen LogP contribution in [0.2, 0.25) is 0 Å². The zero-order valence-corrected chi connectivity index (χ0v) is 11.8. The van der Waals surface area contributed by atoms with E-state index in [0.29, 0.717) is 19.4 Å². The van der Waals surface area contributed by atoms with Gasteiger partial charge < -0.3 is 10.0 Å². The van der Waals surface area contributed by atoms with Crippen LogP contribution in [0, 0.1) is 5.92 Å². The van der Waals surface area contributed by atoms with E-state index in [0.717, 1.165) is 12.1 Å². The van der Waals surface area contributed by atoms with E-state index in [4.69, 9.17) is 5.11 Å². The highest BCUT2D eigenvalue weighted by Gasteiger charge is 2.31. The summed E-state index contributed by atoms with van der Waals surface area (Å²) in [5, 5.41) is 8.99. The maximum Gasteiger partial charge on any atom is 0.416 e. The van der Waals surface area contributed by atoms with Gasteiger partial charge in [-0.2, -0.15) is 13.2 Å². The number of aliphatic carboxylic acids is 1. The maximum atomic E-state index is 12.6. The van der Waals surface area contributed by atoms with Gasteiger partial charge in [0.15, 0.2) is 0 Å². The van der Waals surface area contributed by atoms with Crippen molar-refractivity contribution in [2.24, 2.45) is 5.92 Å².